The number of ether oxygens (including phenoxy) is 1. The number of hydrogen-bond donors (Lipinski definition) is 1. The number of methoxy groups -OCH3 is 1. The fraction of sp³-hybridized carbons (Fsp3) is 0.409. The Morgan fingerprint density at radius 2 is 1.69 bits per heavy atom. The fourth-order valence-electron chi connectivity index (χ4n) is 3.94. The summed E-state index contributed by atoms with van der Waals surface area (Å²) in [5.41, 5.74) is 2.65. The molecule has 4 heteroatoms. The van der Waals surface area contributed by atoms with Crippen molar-refractivity contribution in [1.29, 1.82) is 0 Å². The lowest BCUT2D eigenvalue weighted by Gasteiger charge is -2.29. The molecule has 136 valence electrons. The normalized spacial score (nSPS) is 18.3. The molecule has 2 aromatic carbocycles. The van der Waals surface area contributed by atoms with E-state index in [0.717, 1.165) is 42.9 Å². The van der Waals surface area contributed by atoms with Gasteiger partial charge in [0.15, 0.2) is 0 Å². The van der Waals surface area contributed by atoms with Crippen molar-refractivity contribution < 1.29 is 9.53 Å². The standard InChI is InChI=1S/C22H26N2O2/c1-26-20-8-4-3-7-19(20)22(13-14-22)21(25)23-17-9-11-18(12-10-17)24-15-5-2-6-16-24/h3-4,7-12H,2,5-6,13-16H2,1H3,(H,23,25). The lowest BCUT2D eigenvalue weighted by molar-refractivity contribution is -0.118. The van der Waals surface area contributed by atoms with Crippen LogP contribution in [-0.4, -0.2) is 26.1 Å². The summed E-state index contributed by atoms with van der Waals surface area (Å²) in [4.78, 5) is 15.4. The maximum atomic E-state index is 13.0. The van der Waals surface area contributed by atoms with Gasteiger partial charge in [-0.1, -0.05) is 18.2 Å². The highest BCUT2D eigenvalue weighted by Crippen LogP contribution is 2.52. The molecule has 26 heavy (non-hydrogen) atoms. The van der Waals surface area contributed by atoms with Gasteiger partial charge >= 0.3 is 0 Å². The van der Waals surface area contributed by atoms with E-state index in [0.29, 0.717) is 0 Å². The number of para-hydroxylation sites is 1. The van der Waals surface area contributed by atoms with E-state index in [9.17, 15) is 4.79 Å². The minimum Gasteiger partial charge on any atom is -0.496 e. The number of piperidine rings is 1. The molecular weight excluding hydrogens is 324 g/mol. The number of nitrogens with one attached hydrogen (secondary N) is 1. The summed E-state index contributed by atoms with van der Waals surface area (Å²) in [5.74, 6) is 0.855. The molecule has 4 nitrogen and oxygen atoms in total. The highest BCUT2D eigenvalue weighted by molar-refractivity contribution is 6.02. The molecule has 4 rings (SSSR count). The molecule has 0 radical (unpaired) electrons. The third-order valence-electron chi connectivity index (χ3n) is 5.65. The molecule has 0 aromatic heterocycles. The van der Waals surface area contributed by atoms with Crippen molar-refractivity contribution >= 4 is 17.3 Å². The largest absolute Gasteiger partial charge is 0.496 e. The third kappa shape index (κ3) is 3.16. The molecule has 1 amide bonds. The molecule has 0 bridgehead atoms. The lowest BCUT2D eigenvalue weighted by atomic mass is 9.94. The Hall–Kier alpha value is -2.49. The van der Waals surface area contributed by atoms with Crippen molar-refractivity contribution in [3.63, 3.8) is 0 Å². The van der Waals surface area contributed by atoms with E-state index in [2.05, 4.69) is 22.3 Å². The smallest absolute Gasteiger partial charge is 0.235 e. The van der Waals surface area contributed by atoms with Crippen molar-refractivity contribution in [1.82, 2.24) is 0 Å². The second kappa shape index (κ2) is 7.02. The van der Waals surface area contributed by atoms with Crippen LogP contribution in [0, 0.1) is 0 Å². The molecule has 0 unspecified atom stereocenters. The van der Waals surface area contributed by atoms with Gasteiger partial charge in [-0.05, 0) is 62.4 Å². The van der Waals surface area contributed by atoms with Crippen LogP contribution in [0.25, 0.3) is 0 Å². The maximum Gasteiger partial charge on any atom is 0.235 e. The number of rotatable bonds is 5. The van der Waals surface area contributed by atoms with Gasteiger partial charge < -0.3 is 15.0 Å². The molecule has 1 heterocycles. The van der Waals surface area contributed by atoms with Gasteiger partial charge in [-0.2, -0.15) is 0 Å². The minimum atomic E-state index is -0.446. The van der Waals surface area contributed by atoms with Gasteiger partial charge in [-0.15, -0.1) is 0 Å². The quantitative estimate of drug-likeness (QED) is 0.871. The Balaban J connectivity index is 1.48. The number of amides is 1. The molecule has 1 saturated heterocycles. The zero-order valence-electron chi connectivity index (χ0n) is 15.3. The summed E-state index contributed by atoms with van der Waals surface area (Å²) in [7, 11) is 1.66. The predicted molar refractivity (Wildman–Crippen MR) is 105 cm³/mol. The zero-order chi connectivity index (χ0) is 18.0. The highest BCUT2D eigenvalue weighted by Gasteiger charge is 2.52. The van der Waals surface area contributed by atoms with Crippen LogP contribution in [0.1, 0.15) is 37.7 Å². The summed E-state index contributed by atoms with van der Waals surface area (Å²) >= 11 is 0. The van der Waals surface area contributed by atoms with Gasteiger partial charge in [0.25, 0.3) is 0 Å². The molecule has 0 spiro atoms. The summed E-state index contributed by atoms with van der Waals surface area (Å²) in [6.45, 7) is 2.26. The van der Waals surface area contributed by atoms with Crippen molar-refractivity contribution in [2.45, 2.75) is 37.5 Å². The number of carbonyl (C=O) groups is 1. The van der Waals surface area contributed by atoms with E-state index in [4.69, 9.17) is 4.74 Å². The summed E-state index contributed by atoms with van der Waals surface area (Å²) in [6, 6.07) is 16.1. The van der Waals surface area contributed by atoms with E-state index >= 15 is 0 Å². The third-order valence-corrected chi connectivity index (χ3v) is 5.65. The Labute approximate surface area is 155 Å². The van der Waals surface area contributed by atoms with Gasteiger partial charge in [-0.25, -0.2) is 0 Å². The first-order valence-corrected chi connectivity index (χ1v) is 9.53. The van der Waals surface area contributed by atoms with E-state index in [-0.39, 0.29) is 5.91 Å². The number of anilines is 2. The van der Waals surface area contributed by atoms with Crippen molar-refractivity contribution in [2.24, 2.45) is 0 Å². The average Bonchev–Trinajstić information content (AvgIpc) is 3.51. The molecule has 2 aliphatic rings. The van der Waals surface area contributed by atoms with Crippen molar-refractivity contribution in [3.05, 3.63) is 54.1 Å². The first-order chi connectivity index (χ1) is 12.7. The second-order valence-corrected chi connectivity index (χ2v) is 7.33. The second-order valence-electron chi connectivity index (χ2n) is 7.33. The summed E-state index contributed by atoms with van der Waals surface area (Å²) < 4.78 is 5.47. The van der Waals surface area contributed by atoms with Crippen LogP contribution in [-0.2, 0) is 10.2 Å². The van der Waals surface area contributed by atoms with Gasteiger partial charge in [-0.3, -0.25) is 4.79 Å². The molecule has 2 aromatic rings. The molecule has 1 aliphatic carbocycles. The molecule has 1 saturated carbocycles. The van der Waals surface area contributed by atoms with E-state index in [1.807, 2.05) is 36.4 Å². The van der Waals surface area contributed by atoms with Gasteiger partial charge in [0.2, 0.25) is 5.91 Å². The molecule has 0 atom stereocenters. The predicted octanol–water partition coefficient (Wildman–Crippen LogP) is 4.36. The van der Waals surface area contributed by atoms with Crippen molar-refractivity contribution in [3.8, 4) is 5.75 Å². The highest BCUT2D eigenvalue weighted by atomic mass is 16.5. The summed E-state index contributed by atoms with van der Waals surface area (Å²) in [6.07, 6.45) is 5.59. The molecule has 2 fully saturated rings. The fourth-order valence-corrected chi connectivity index (χ4v) is 3.94. The van der Waals surface area contributed by atoms with E-state index in [1.165, 1.54) is 24.9 Å². The number of benzene rings is 2. The molecule has 1 aliphatic heterocycles. The Morgan fingerprint density at radius 3 is 2.35 bits per heavy atom. The number of carbonyl (C=O) groups excluding carboxylic acids is 1. The van der Waals surface area contributed by atoms with Crippen LogP contribution < -0.4 is 15.0 Å². The van der Waals surface area contributed by atoms with Crippen LogP contribution in [0.2, 0.25) is 0 Å². The van der Waals surface area contributed by atoms with Crippen LogP contribution >= 0.6 is 0 Å². The molecular formula is C22H26N2O2. The van der Waals surface area contributed by atoms with Crippen LogP contribution in [0.15, 0.2) is 48.5 Å². The summed E-state index contributed by atoms with van der Waals surface area (Å²) in [5, 5.41) is 3.11. The van der Waals surface area contributed by atoms with Crippen LogP contribution in [0.3, 0.4) is 0 Å². The monoisotopic (exact) mass is 350 g/mol. The minimum absolute atomic E-state index is 0.0627. The topological polar surface area (TPSA) is 41.6 Å². The van der Waals surface area contributed by atoms with E-state index < -0.39 is 5.41 Å². The lowest BCUT2D eigenvalue weighted by Crippen LogP contribution is -2.29. The van der Waals surface area contributed by atoms with Crippen LogP contribution in [0.4, 0.5) is 11.4 Å². The SMILES string of the molecule is COc1ccccc1C1(C(=O)Nc2ccc(N3CCCCC3)cc2)CC1. The number of hydrogen-bond acceptors (Lipinski definition) is 3. The maximum absolute atomic E-state index is 13.0. The van der Waals surface area contributed by atoms with Crippen LogP contribution in [0.5, 0.6) is 5.75 Å². The average molecular weight is 350 g/mol. The Bertz CT molecular complexity index is 775. The van der Waals surface area contributed by atoms with Gasteiger partial charge in [0.1, 0.15) is 5.75 Å². The number of nitrogens with zero attached hydrogens (tertiary/aromatic N) is 1. The molecule has 1 N–H and O–H groups in total. The first kappa shape index (κ1) is 17.0. The van der Waals surface area contributed by atoms with E-state index in [1.54, 1.807) is 7.11 Å². The van der Waals surface area contributed by atoms with Crippen molar-refractivity contribution in [2.75, 3.05) is 30.4 Å². The Morgan fingerprint density at radius 1 is 1.00 bits per heavy atom. The zero-order valence-corrected chi connectivity index (χ0v) is 15.3. The first-order valence-electron chi connectivity index (χ1n) is 9.53. The Kier molecular flexibility index (Phi) is 4.58. The van der Waals surface area contributed by atoms with Gasteiger partial charge in [0, 0.05) is 30.0 Å². The van der Waals surface area contributed by atoms with Gasteiger partial charge in [0.05, 0.1) is 12.5 Å².